The van der Waals surface area contributed by atoms with Crippen molar-refractivity contribution < 1.29 is 9.90 Å². The summed E-state index contributed by atoms with van der Waals surface area (Å²) >= 11 is 0. The van der Waals surface area contributed by atoms with Gasteiger partial charge in [0.15, 0.2) is 0 Å². The highest BCUT2D eigenvalue weighted by Gasteiger charge is 2.24. The Morgan fingerprint density at radius 2 is 1.95 bits per heavy atom. The first-order chi connectivity index (χ1) is 8.71. The van der Waals surface area contributed by atoms with Gasteiger partial charge in [0.1, 0.15) is 5.82 Å². The van der Waals surface area contributed by atoms with Crippen molar-refractivity contribution in [2.75, 3.05) is 0 Å². The fourth-order valence-electron chi connectivity index (χ4n) is 2.28. The lowest BCUT2D eigenvalue weighted by Crippen LogP contribution is -2.20. The molecule has 1 aromatic carbocycles. The van der Waals surface area contributed by atoms with E-state index in [0.717, 1.165) is 16.9 Å². The first-order valence-corrected chi connectivity index (χ1v) is 6.47. The number of rotatable bonds is 2. The third kappa shape index (κ3) is 2.35. The van der Waals surface area contributed by atoms with Crippen LogP contribution < -0.4 is 0 Å². The Balaban J connectivity index is 2.77. The molecular weight excluding hydrogens is 240 g/mol. The molecule has 0 bridgehead atoms. The van der Waals surface area contributed by atoms with E-state index < -0.39 is 5.97 Å². The summed E-state index contributed by atoms with van der Waals surface area (Å²) in [4.78, 5) is 15.7. The van der Waals surface area contributed by atoms with Crippen LogP contribution in [0, 0.1) is 0 Å². The maximum atomic E-state index is 11.0. The zero-order chi connectivity index (χ0) is 14.4. The first-order valence-electron chi connectivity index (χ1n) is 6.47. The maximum Gasteiger partial charge on any atom is 0.335 e. The number of aromatic carboxylic acids is 1. The molecule has 0 aliphatic rings. The molecule has 0 aliphatic carbocycles. The van der Waals surface area contributed by atoms with Crippen LogP contribution in [0.5, 0.6) is 0 Å². The van der Waals surface area contributed by atoms with Crippen molar-refractivity contribution >= 4 is 17.0 Å². The summed E-state index contributed by atoms with van der Waals surface area (Å²) in [5, 5.41) is 9.05. The fourth-order valence-corrected chi connectivity index (χ4v) is 2.28. The largest absolute Gasteiger partial charge is 0.478 e. The first kappa shape index (κ1) is 13.6. The summed E-state index contributed by atoms with van der Waals surface area (Å²) in [5.74, 6) is 0.0679. The molecule has 0 fully saturated rings. The maximum absolute atomic E-state index is 11.0. The van der Waals surface area contributed by atoms with Gasteiger partial charge in [-0.3, -0.25) is 0 Å². The molecule has 0 saturated heterocycles. The van der Waals surface area contributed by atoms with Crippen molar-refractivity contribution in [2.45, 2.75) is 46.1 Å². The molecular formula is C15H20N2O2. The van der Waals surface area contributed by atoms with Gasteiger partial charge in [-0.05, 0) is 32.0 Å². The number of imidazole rings is 1. The zero-order valence-electron chi connectivity index (χ0n) is 12.1. The molecule has 0 amide bonds. The average molecular weight is 260 g/mol. The number of carboxylic acids is 1. The average Bonchev–Trinajstić information content (AvgIpc) is 2.66. The third-order valence-corrected chi connectivity index (χ3v) is 3.12. The number of carbonyl (C=O) groups is 1. The molecule has 0 atom stereocenters. The third-order valence-electron chi connectivity index (χ3n) is 3.12. The van der Waals surface area contributed by atoms with Crippen LogP contribution in [0.4, 0.5) is 0 Å². The summed E-state index contributed by atoms with van der Waals surface area (Å²) in [6.07, 6.45) is 0. The predicted octanol–water partition coefficient (Wildman–Crippen LogP) is 3.61. The topological polar surface area (TPSA) is 55.1 Å². The fraction of sp³-hybridized carbons (Fsp3) is 0.467. The number of carboxylic acid groups (broad SMARTS) is 1. The summed E-state index contributed by atoms with van der Waals surface area (Å²) < 4.78 is 2.18. The molecule has 0 radical (unpaired) electrons. The van der Waals surface area contributed by atoms with Crippen LogP contribution >= 0.6 is 0 Å². The van der Waals surface area contributed by atoms with Gasteiger partial charge in [0.05, 0.1) is 16.6 Å². The number of hydrogen-bond donors (Lipinski definition) is 1. The van der Waals surface area contributed by atoms with Crippen LogP contribution in [-0.2, 0) is 5.41 Å². The molecule has 1 N–H and O–H groups in total. The molecule has 102 valence electrons. The van der Waals surface area contributed by atoms with Gasteiger partial charge in [-0.1, -0.05) is 20.8 Å². The Bertz CT molecular complexity index is 633. The molecule has 1 heterocycles. The van der Waals surface area contributed by atoms with E-state index in [1.807, 2.05) is 6.07 Å². The quantitative estimate of drug-likeness (QED) is 0.897. The van der Waals surface area contributed by atoms with E-state index >= 15 is 0 Å². The Morgan fingerprint density at radius 3 is 2.42 bits per heavy atom. The van der Waals surface area contributed by atoms with Crippen molar-refractivity contribution in [1.29, 1.82) is 0 Å². The van der Waals surface area contributed by atoms with Gasteiger partial charge >= 0.3 is 5.97 Å². The zero-order valence-corrected chi connectivity index (χ0v) is 12.1. The Hall–Kier alpha value is -1.84. The number of benzene rings is 1. The predicted molar refractivity (Wildman–Crippen MR) is 75.8 cm³/mol. The smallest absolute Gasteiger partial charge is 0.335 e. The number of fused-ring (bicyclic) bond motifs is 1. The van der Waals surface area contributed by atoms with E-state index in [9.17, 15) is 4.79 Å². The number of hydrogen-bond acceptors (Lipinski definition) is 2. The van der Waals surface area contributed by atoms with Crippen molar-refractivity contribution in [3.05, 3.63) is 29.6 Å². The van der Waals surface area contributed by atoms with Crippen molar-refractivity contribution in [3.63, 3.8) is 0 Å². The van der Waals surface area contributed by atoms with Gasteiger partial charge in [0.2, 0.25) is 0 Å². The summed E-state index contributed by atoms with van der Waals surface area (Å²) in [6, 6.07) is 5.42. The van der Waals surface area contributed by atoms with E-state index in [0.29, 0.717) is 0 Å². The van der Waals surface area contributed by atoms with Crippen LogP contribution in [0.3, 0.4) is 0 Å². The highest BCUT2D eigenvalue weighted by atomic mass is 16.4. The van der Waals surface area contributed by atoms with Crippen LogP contribution in [0.25, 0.3) is 11.0 Å². The van der Waals surface area contributed by atoms with E-state index in [2.05, 4.69) is 44.2 Å². The second kappa shape index (κ2) is 4.37. The lowest BCUT2D eigenvalue weighted by Gasteiger charge is -2.22. The molecule has 19 heavy (non-hydrogen) atoms. The van der Waals surface area contributed by atoms with Crippen LogP contribution in [-0.4, -0.2) is 20.6 Å². The van der Waals surface area contributed by atoms with E-state index in [1.165, 1.54) is 0 Å². The van der Waals surface area contributed by atoms with Gasteiger partial charge < -0.3 is 9.67 Å². The molecule has 0 saturated carbocycles. The van der Waals surface area contributed by atoms with Gasteiger partial charge in [-0.25, -0.2) is 9.78 Å². The SMILES string of the molecule is CC(C)n1c(C(C)(C)C)nc2cc(C(=O)O)ccc21. The van der Waals surface area contributed by atoms with Gasteiger partial charge in [-0.2, -0.15) is 0 Å². The summed E-state index contributed by atoms with van der Waals surface area (Å²) in [6.45, 7) is 10.6. The van der Waals surface area contributed by atoms with Crippen molar-refractivity contribution in [1.82, 2.24) is 9.55 Å². The lowest BCUT2D eigenvalue weighted by molar-refractivity contribution is 0.0697. The lowest BCUT2D eigenvalue weighted by atomic mass is 9.95. The number of nitrogens with zero attached hydrogens (tertiary/aromatic N) is 2. The second-order valence-electron chi connectivity index (χ2n) is 6.16. The van der Waals surface area contributed by atoms with Crippen molar-refractivity contribution in [3.8, 4) is 0 Å². The molecule has 1 aromatic heterocycles. The Labute approximate surface area is 113 Å². The minimum Gasteiger partial charge on any atom is -0.478 e. The normalized spacial score (nSPS) is 12.3. The monoisotopic (exact) mass is 260 g/mol. The van der Waals surface area contributed by atoms with E-state index in [4.69, 9.17) is 5.11 Å². The second-order valence-corrected chi connectivity index (χ2v) is 6.16. The highest BCUT2D eigenvalue weighted by molar-refractivity contribution is 5.92. The molecule has 0 aliphatic heterocycles. The standard InChI is InChI=1S/C15H20N2O2/c1-9(2)17-12-7-6-10(13(18)19)8-11(12)16-14(17)15(3,4)5/h6-9H,1-5H3,(H,18,19). The van der Waals surface area contributed by atoms with Gasteiger partial charge in [0, 0.05) is 11.5 Å². The minimum absolute atomic E-state index is 0.0767. The van der Waals surface area contributed by atoms with Gasteiger partial charge in [0.25, 0.3) is 0 Å². The van der Waals surface area contributed by atoms with E-state index in [1.54, 1.807) is 12.1 Å². The molecule has 0 spiro atoms. The minimum atomic E-state index is -0.918. The highest BCUT2D eigenvalue weighted by Crippen LogP contribution is 2.29. The Morgan fingerprint density at radius 1 is 1.32 bits per heavy atom. The van der Waals surface area contributed by atoms with Crippen LogP contribution in [0.2, 0.25) is 0 Å². The molecule has 4 nitrogen and oxygen atoms in total. The summed E-state index contributed by atoms with van der Waals surface area (Å²) in [5.41, 5.74) is 1.94. The van der Waals surface area contributed by atoms with E-state index in [-0.39, 0.29) is 17.0 Å². The van der Waals surface area contributed by atoms with Crippen molar-refractivity contribution in [2.24, 2.45) is 0 Å². The number of aromatic nitrogens is 2. The molecule has 2 aromatic rings. The molecule has 2 rings (SSSR count). The van der Waals surface area contributed by atoms with Crippen LogP contribution in [0.15, 0.2) is 18.2 Å². The summed E-state index contributed by atoms with van der Waals surface area (Å²) in [7, 11) is 0. The Kier molecular flexibility index (Phi) is 3.12. The molecule has 0 unspecified atom stereocenters. The van der Waals surface area contributed by atoms with Crippen LogP contribution in [0.1, 0.15) is 56.8 Å². The molecule has 4 heteroatoms. The van der Waals surface area contributed by atoms with Gasteiger partial charge in [-0.15, -0.1) is 0 Å².